The third-order valence-electron chi connectivity index (χ3n) is 6.48. The van der Waals surface area contributed by atoms with Crippen molar-refractivity contribution >= 4 is 32.3 Å². The minimum Gasteiger partial charge on any atom is -0.348 e. The number of fused-ring (bicyclic) bond motifs is 2. The molecule has 0 saturated carbocycles. The van der Waals surface area contributed by atoms with E-state index < -0.39 is 0 Å². The molecule has 0 aliphatic carbocycles. The number of hydrogen-bond donors (Lipinski definition) is 1. The van der Waals surface area contributed by atoms with Gasteiger partial charge in [0.15, 0.2) is 16.6 Å². The molecule has 0 amide bonds. The molecule has 0 unspecified atom stereocenters. The van der Waals surface area contributed by atoms with Crippen molar-refractivity contribution in [2.75, 3.05) is 11.9 Å². The first-order valence-electron chi connectivity index (χ1n) is 11.4. The molecule has 33 heavy (non-hydrogen) atoms. The molecule has 0 atom stereocenters. The number of hydrogen-bond acceptors (Lipinski definition) is 6. The van der Waals surface area contributed by atoms with Crippen molar-refractivity contribution in [3.63, 3.8) is 0 Å². The number of imidazole rings is 1. The Kier molecular flexibility index (Phi) is 5.03. The average Bonchev–Trinajstić information content (AvgIpc) is 3.28. The van der Waals surface area contributed by atoms with E-state index in [1.807, 2.05) is 32.2 Å². The summed E-state index contributed by atoms with van der Waals surface area (Å²) in [5.41, 5.74) is 4.70. The van der Waals surface area contributed by atoms with Gasteiger partial charge < -0.3 is 10.2 Å². The van der Waals surface area contributed by atoms with Crippen molar-refractivity contribution < 1.29 is 4.39 Å². The van der Waals surface area contributed by atoms with Crippen molar-refractivity contribution in [2.45, 2.75) is 71.5 Å². The highest BCUT2D eigenvalue weighted by Crippen LogP contribution is 2.38. The Morgan fingerprint density at radius 2 is 1.79 bits per heavy atom. The lowest BCUT2D eigenvalue weighted by molar-refractivity contribution is 0.161. The summed E-state index contributed by atoms with van der Waals surface area (Å²) in [6, 6.07) is 5.84. The molecule has 0 spiro atoms. The quantitative estimate of drug-likeness (QED) is 0.432. The molecule has 1 fully saturated rings. The van der Waals surface area contributed by atoms with E-state index >= 15 is 4.39 Å². The Morgan fingerprint density at radius 1 is 1.09 bits per heavy atom. The number of thiazole rings is 1. The maximum atomic E-state index is 15.2. The molecular formula is C25H31FN6S. The third-order valence-corrected chi connectivity index (χ3v) is 7.57. The van der Waals surface area contributed by atoms with Gasteiger partial charge in [0.2, 0.25) is 0 Å². The van der Waals surface area contributed by atoms with Gasteiger partial charge in [-0.25, -0.2) is 18.9 Å². The van der Waals surface area contributed by atoms with Gasteiger partial charge in [0.05, 0.1) is 22.3 Å². The van der Waals surface area contributed by atoms with Crippen LogP contribution in [-0.4, -0.2) is 43.7 Å². The molecule has 0 bridgehead atoms. The van der Waals surface area contributed by atoms with E-state index in [9.17, 15) is 0 Å². The first-order valence-corrected chi connectivity index (χ1v) is 12.2. The second kappa shape index (κ2) is 7.46. The van der Waals surface area contributed by atoms with E-state index in [0.29, 0.717) is 11.6 Å². The SMILES string of the molecule is Cc1cn2nc(-c3cc(F)c4nc(N(C)C5CC(C)(C)NC(C)(C)C5)sc4c3)cc(C)c2n1. The molecule has 5 rings (SSSR count). The summed E-state index contributed by atoms with van der Waals surface area (Å²) in [6.07, 6.45) is 3.90. The molecule has 8 heteroatoms. The van der Waals surface area contributed by atoms with Crippen molar-refractivity contribution in [1.82, 2.24) is 24.9 Å². The molecule has 6 nitrogen and oxygen atoms in total. The van der Waals surface area contributed by atoms with Gasteiger partial charge in [0, 0.05) is 29.7 Å². The number of aromatic nitrogens is 4. The van der Waals surface area contributed by atoms with E-state index in [0.717, 1.165) is 50.8 Å². The normalized spacial score (nSPS) is 18.3. The summed E-state index contributed by atoms with van der Waals surface area (Å²) in [4.78, 5) is 11.4. The van der Waals surface area contributed by atoms with Crippen LogP contribution in [0, 0.1) is 19.7 Å². The molecule has 1 aliphatic heterocycles. The molecule has 3 aromatic heterocycles. The van der Waals surface area contributed by atoms with Gasteiger partial charge in [-0.3, -0.25) is 0 Å². The van der Waals surface area contributed by atoms with E-state index in [1.165, 1.54) is 0 Å². The van der Waals surface area contributed by atoms with Crippen LogP contribution in [0.2, 0.25) is 0 Å². The lowest BCUT2D eigenvalue weighted by atomic mass is 9.79. The molecule has 4 aromatic rings. The number of anilines is 1. The van der Waals surface area contributed by atoms with Crippen LogP contribution in [-0.2, 0) is 0 Å². The minimum absolute atomic E-state index is 0.0314. The van der Waals surface area contributed by atoms with Crippen LogP contribution in [0.5, 0.6) is 0 Å². The van der Waals surface area contributed by atoms with Crippen LogP contribution in [0.1, 0.15) is 51.8 Å². The van der Waals surface area contributed by atoms with Crippen molar-refractivity contribution in [3.8, 4) is 11.3 Å². The van der Waals surface area contributed by atoms with Gasteiger partial charge >= 0.3 is 0 Å². The molecule has 4 heterocycles. The number of halogens is 1. The highest BCUT2D eigenvalue weighted by molar-refractivity contribution is 7.22. The number of nitrogens with one attached hydrogen (secondary N) is 1. The Morgan fingerprint density at radius 3 is 2.48 bits per heavy atom. The van der Waals surface area contributed by atoms with Gasteiger partial charge in [0.1, 0.15) is 5.52 Å². The predicted octanol–water partition coefficient (Wildman–Crippen LogP) is 5.51. The van der Waals surface area contributed by atoms with Crippen LogP contribution in [0.15, 0.2) is 24.4 Å². The van der Waals surface area contributed by atoms with Gasteiger partial charge in [-0.15, -0.1) is 0 Å². The largest absolute Gasteiger partial charge is 0.348 e. The fourth-order valence-electron chi connectivity index (χ4n) is 5.36. The number of piperidine rings is 1. The van der Waals surface area contributed by atoms with Crippen LogP contribution >= 0.6 is 11.3 Å². The van der Waals surface area contributed by atoms with Gasteiger partial charge in [0.25, 0.3) is 0 Å². The molecule has 0 radical (unpaired) electrons. The first-order chi connectivity index (χ1) is 15.4. The van der Waals surface area contributed by atoms with Crippen molar-refractivity contribution in [3.05, 3.63) is 41.5 Å². The summed E-state index contributed by atoms with van der Waals surface area (Å²) >= 11 is 1.54. The van der Waals surface area contributed by atoms with Crippen LogP contribution in [0.3, 0.4) is 0 Å². The van der Waals surface area contributed by atoms with Gasteiger partial charge in [-0.2, -0.15) is 5.10 Å². The van der Waals surface area contributed by atoms with E-state index in [4.69, 9.17) is 4.98 Å². The Bertz CT molecular complexity index is 1350. The van der Waals surface area contributed by atoms with E-state index in [-0.39, 0.29) is 16.9 Å². The zero-order chi connectivity index (χ0) is 23.7. The molecular weight excluding hydrogens is 435 g/mol. The summed E-state index contributed by atoms with van der Waals surface area (Å²) in [5, 5.41) is 9.26. The Hall–Kier alpha value is -2.58. The Balaban J connectivity index is 1.52. The molecule has 1 aliphatic rings. The van der Waals surface area contributed by atoms with Gasteiger partial charge in [-0.05, 0) is 78.1 Å². The monoisotopic (exact) mass is 466 g/mol. The predicted molar refractivity (Wildman–Crippen MR) is 134 cm³/mol. The number of nitrogens with zero attached hydrogens (tertiary/aromatic N) is 5. The highest BCUT2D eigenvalue weighted by Gasteiger charge is 2.39. The third kappa shape index (κ3) is 4.10. The second-order valence-corrected chi connectivity index (χ2v) is 11.7. The summed E-state index contributed by atoms with van der Waals surface area (Å²) in [5.74, 6) is -0.314. The fraction of sp³-hybridized carbons (Fsp3) is 0.480. The summed E-state index contributed by atoms with van der Waals surface area (Å²) < 4.78 is 17.8. The van der Waals surface area contributed by atoms with Gasteiger partial charge in [-0.1, -0.05) is 11.3 Å². The fourth-order valence-corrected chi connectivity index (χ4v) is 6.41. The maximum absolute atomic E-state index is 15.2. The number of rotatable bonds is 3. The van der Waals surface area contributed by atoms with Crippen LogP contribution in [0.25, 0.3) is 27.1 Å². The van der Waals surface area contributed by atoms with E-state index in [1.54, 1.807) is 21.9 Å². The lowest BCUT2D eigenvalue weighted by Gasteiger charge is -2.48. The topological polar surface area (TPSA) is 58.4 Å². The zero-order valence-corrected chi connectivity index (χ0v) is 21.1. The molecule has 1 aromatic carbocycles. The second-order valence-electron chi connectivity index (χ2n) is 10.7. The zero-order valence-electron chi connectivity index (χ0n) is 20.3. The minimum atomic E-state index is -0.314. The summed E-state index contributed by atoms with van der Waals surface area (Å²) in [7, 11) is 2.08. The maximum Gasteiger partial charge on any atom is 0.186 e. The number of aryl methyl sites for hydroxylation is 2. The molecule has 1 N–H and O–H groups in total. The van der Waals surface area contributed by atoms with E-state index in [2.05, 4.69) is 55.0 Å². The first kappa shape index (κ1) is 22.2. The summed E-state index contributed by atoms with van der Waals surface area (Å²) in [6.45, 7) is 12.9. The molecule has 1 saturated heterocycles. The Labute approximate surface area is 197 Å². The number of benzene rings is 1. The van der Waals surface area contributed by atoms with Crippen molar-refractivity contribution in [1.29, 1.82) is 0 Å². The molecule has 174 valence electrons. The van der Waals surface area contributed by atoms with Crippen molar-refractivity contribution in [2.24, 2.45) is 0 Å². The van der Waals surface area contributed by atoms with Crippen LogP contribution in [0.4, 0.5) is 9.52 Å². The average molecular weight is 467 g/mol. The smallest absolute Gasteiger partial charge is 0.186 e. The lowest BCUT2D eigenvalue weighted by Crippen LogP contribution is -2.61. The van der Waals surface area contributed by atoms with Crippen LogP contribution < -0.4 is 10.2 Å². The highest BCUT2D eigenvalue weighted by atomic mass is 32.1. The standard InChI is InChI=1S/C25H31FN6S/c1-14-8-19(29-32-13-15(2)27-22(14)32)16-9-18(26)21-20(10-16)33-23(28-21)31(7)17-11-24(3,4)30-25(5,6)12-17/h8-10,13,17,30H,11-12H2,1-7H3.